The molecule has 0 aliphatic heterocycles. The lowest BCUT2D eigenvalue weighted by molar-refractivity contribution is -0.120. The highest BCUT2D eigenvalue weighted by Crippen LogP contribution is 2.38. The molecule has 6 nitrogen and oxygen atoms in total. The van der Waals surface area contributed by atoms with Crippen LogP contribution in [0.25, 0.3) is 0 Å². The number of rotatable bonds is 7. The van der Waals surface area contributed by atoms with Crippen molar-refractivity contribution in [1.82, 2.24) is 10.1 Å². The number of nitrogens with one attached hydrogen (secondary N) is 1. The van der Waals surface area contributed by atoms with Crippen LogP contribution in [-0.4, -0.2) is 16.0 Å². The summed E-state index contributed by atoms with van der Waals surface area (Å²) in [5.41, 5.74) is 2.23. The molecule has 1 N–H and O–H groups in total. The van der Waals surface area contributed by atoms with Crippen LogP contribution in [0.2, 0.25) is 0 Å². The fourth-order valence-corrected chi connectivity index (χ4v) is 2.99. The third-order valence-corrected chi connectivity index (χ3v) is 5.23. The highest BCUT2D eigenvalue weighted by molar-refractivity contribution is 5.98. The molecule has 2 aromatic carbocycles. The lowest BCUT2D eigenvalue weighted by Crippen LogP contribution is -2.34. The van der Waals surface area contributed by atoms with Gasteiger partial charge in [0.05, 0.1) is 5.41 Å². The Kier molecular flexibility index (Phi) is 5.09. The molecule has 1 aliphatic rings. The molecular formula is C23H25N3O3. The SMILES string of the molecule is Cc1ccc(C(C)(C)C(=O)Nc2ccc(OCc3noc(C4CC4)n3)cc2)cc1. The van der Waals surface area contributed by atoms with Gasteiger partial charge in [0, 0.05) is 11.6 Å². The first-order valence-electron chi connectivity index (χ1n) is 9.86. The molecule has 0 spiro atoms. The van der Waals surface area contributed by atoms with Crippen LogP contribution in [-0.2, 0) is 16.8 Å². The summed E-state index contributed by atoms with van der Waals surface area (Å²) < 4.78 is 10.9. The van der Waals surface area contributed by atoms with Crippen molar-refractivity contribution in [3.8, 4) is 5.75 Å². The molecule has 1 aliphatic carbocycles. The minimum Gasteiger partial charge on any atom is -0.485 e. The maximum Gasteiger partial charge on any atom is 0.234 e. The minimum absolute atomic E-state index is 0.0607. The van der Waals surface area contributed by atoms with Crippen molar-refractivity contribution in [2.75, 3.05) is 5.32 Å². The molecule has 0 radical (unpaired) electrons. The Balaban J connectivity index is 1.34. The molecule has 29 heavy (non-hydrogen) atoms. The lowest BCUT2D eigenvalue weighted by Gasteiger charge is -2.24. The van der Waals surface area contributed by atoms with Crippen molar-refractivity contribution >= 4 is 11.6 Å². The number of ether oxygens (including phenoxy) is 1. The zero-order valence-electron chi connectivity index (χ0n) is 16.9. The van der Waals surface area contributed by atoms with E-state index >= 15 is 0 Å². The van der Waals surface area contributed by atoms with Gasteiger partial charge in [-0.3, -0.25) is 4.79 Å². The summed E-state index contributed by atoms with van der Waals surface area (Å²) in [7, 11) is 0. The van der Waals surface area contributed by atoms with Gasteiger partial charge in [-0.25, -0.2) is 0 Å². The smallest absolute Gasteiger partial charge is 0.234 e. The number of hydrogen-bond acceptors (Lipinski definition) is 5. The highest BCUT2D eigenvalue weighted by Gasteiger charge is 2.30. The van der Waals surface area contributed by atoms with Crippen LogP contribution < -0.4 is 10.1 Å². The fourth-order valence-electron chi connectivity index (χ4n) is 2.99. The average molecular weight is 391 g/mol. The molecule has 0 atom stereocenters. The standard InChI is InChI=1S/C23H25N3O3/c1-15-4-8-17(9-5-15)23(2,3)22(27)24-18-10-12-19(13-11-18)28-14-20-25-21(29-26-20)16-6-7-16/h4-5,8-13,16H,6-7,14H2,1-3H3,(H,24,27). The molecule has 0 bridgehead atoms. The second-order valence-corrected chi connectivity index (χ2v) is 8.08. The van der Waals surface area contributed by atoms with Gasteiger partial charge in [0.2, 0.25) is 17.6 Å². The van der Waals surface area contributed by atoms with Crippen LogP contribution in [0.3, 0.4) is 0 Å². The largest absolute Gasteiger partial charge is 0.485 e. The van der Waals surface area contributed by atoms with E-state index in [0.29, 0.717) is 23.4 Å². The number of amides is 1. The van der Waals surface area contributed by atoms with Gasteiger partial charge in [0.25, 0.3) is 0 Å². The van der Waals surface area contributed by atoms with Crippen LogP contribution in [0.4, 0.5) is 5.69 Å². The van der Waals surface area contributed by atoms with E-state index in [9.17, 15) is 4.79 Å². The van der Waals surface area contributed by atoms with E-state index in [1.165, 1.54) is 5.56 Å². The maximum absolute atomic E-state index is 12.8. The van der Waals surface area contributed by atoms with Crippen molar-refractivity contribution in [3.63, 3.8) is 0 Å². The summed E-state index contributed by atoms with van der Waals surface area (Å²) in [6, 6.07) is 15.3. The van der Waals surface area contributed by atoms with E-state index in [-0.39, 0.29) is 12.5 Å². The molecule has 150 valence electrons. The van der Waals surface area contributed by atoms with E-state index in [1.54, 1.807) is 0 Å². The molecule has 6 heteroatoms. The molecule has 0 saturated heterocycles. The third kappa shape index (κ3) is 4.47. The summed E-state index contributed by atoms with van der Waals surface area (Å²) in [4.78, 5) is 17.2. The summed E-state index contributed by atoms with van der Waals surface area (Å²) in [6.45, 7) is 6.13. The summed E-state index contributed by atoms with van der Waals surface area (Å²) in [5, 5.41) is 6.93. The van der Waals surface area contributed by atoms with Crippen molar-refractivity contribution < 1.29 is 14.1 Å². The van der Waals surface area contributed by atoms with Crippen LogP contribution in [0.15, 0.2) is 53.1 Å². The molecule has 1 amide bonds. The predicted octanol–water partition coefficient (Wildman–Crippen LogP) is 4.75. The third-order valence-electron chi connectivity index (χ3n) is 5.23. The number of aromatic nitrogens is 2. The molecular weight excluding hydrogens is 366 g/mol. The Bertz CT molecular complexity index is 987. The topological polar surface area (TPSA) is 77.2 Å². The van der Waals surface area contributed by atoms with E-state index in [4.69, 9.17) is 9.26 Å². The van der Waals surface area contributed by atoms with Gasteiger partial charge in [-0.15, -0.1) is 0 Å². The lowest BCUT2D eigenvalue weighted by atomic mass is 9.83. The van der Waals surface area contributed by atoms with E-state index < -0.39 is 5.41 Å². The first kappa shape index (κ1) is 19.2. The van der Waals surface area contributed by atoms with Gasteiger partial charge in [-0.1, -0.05) is 35.0 Å². The quantitative estimate of drug-likeness (QED) is 0.629. The Morgan fingerprint density at radius 2 is 1.83 bits per heavy atom. The van der Waals surface area contributed by atoms with Crippen LogP contribution in [0, 0.1) is 6.92 Å². The number of nitrogens with zero attached hydrogens (tertiary/aromatic N) is 2. The van der Waals surface area contributed by atoms with Crippen LogP contribution >= 0.6 is 0 Å². The van der Waals surface area contributed by atoms with Gasteiger partial charge in [0.1, 0.15) is 5.75 Å². The monoisotopic (exact) mass is 391 g/mol. The second-order valence-electron chi connectivity index (χ2n) is 8.08. The molecule has 1 aromatic heterocycles. The van der Waals surface area contributed by atoms with E-state index in [0.717, 1.165) is 24.1 Å². The molecule has 4 rings (SSSR count). The Labute approximate surface area is 170 Å². The summed E-state index contributed by atoms with van der Waals surface area (Å²) in [6.07, 6.45) is 2.24. The van der Waals surface area contributed by atoms with E-state index in [1.807, 2.05) is 69.3 Å². The number of carbonyl (C=O) groups is 1. The average Bonchev–Trinajstić information content (AvgIpc) is 3.46. The first-order chi connectivity index (χ1) is 13.9. The fraction of sp³-hybridized carbons (Fsp3) is 0.348. The number of benzene rings is 2. The maximum atomic E-state index is 12.8. The Hall–Kier alpha value is -3.15. The summed E-state index contributed by atoms with van der Waals surface area (Å²) in [5.74, 6) is 2.30. The van der Waals surface area contributed by atoms with Gasteiger partial charge in [0.15, 0.2) is 6.61 Å². The Morgan fingerprint density at radius 1 is 1.14 bits per heavy atom. The van der Waals surface area contributed by atoms with Crippen molar-refractivity contribution in [1.29, 1.82) is 0 Å². The van der Waals surface area contributed by atoms with Crippen molar-refractivity contribution in [2.24, 2.45) is 0 Å². The molecule has 3 aromatic rings. The zero-order valence-corrected chi connectivity index (χ0v) is 16.9. The normalized spacial score (nSPS) is 13.9. The molecule has 0 unspecified atom stereocenters. The number of hydrogen-bond donors (Lipinski definition) is 1. The van der Waals surface area contributed by atoms with Crippen molar-refractivity contribution in [3.05, 3.63) is 71.4 Å². The number of anilines is 1. The summed E-state index contributed by atoms with van der Waals surface area (Å²) >= 11 is 0. The van der Waals surface area contributed by atoms with Gasteiger partial charge in [-0.2, -0.15) is 4.98 Å². The van der Waals surface area contributed by atoms with E-state index in [2.05, 4.69) is 15.5 Å². The zero-order chi connectivity index (χ0) is 20.4. The number of carbonyl (C=O) groups excluding carboxylic acids is 1. The van der Waals surface area contributed by atoms with Gasteiger partial charge < -0.3 is 14.6 Å². The second kappa shape index (κ2) is 7.70. The minimum atomic E-state index is -0.638. The van der Waals surface area contributed by atoms with Gasteiger partial charge >= 0.3 is 0 Å². The first-order valence-corrected chi connectivity index (χ1v) is 9.86. The Morgan fingerprint density at radius 3 is 2.48 bits per heavy atom. The van der Waals surface area contributed by atoms with Crippen molar-refractivity contribution in [2.45, 2.75) is 51.6 Å². The molecule has 1 heterocycles. The van der Waals surface area contributed by atoms with Gasteiger partial charge in [-0.05, 0) is 63.4 Å². The van der Waals surface area contributed by atoms with Crippen LogP contribution in [0.5, 0.6) is 5.75 Å². The molecule has 1 fully saturated rings. The highest BCUT2D eigenvalue weighted by atomic mass is 16.5. The predicted molar refractivity (Wildman–Crippen MR) is 110 cm³/mol. The molecule has 1 saturated carbocycles. The van der Waals surface area contributed by atoms with Crippen LogP contribution in [0.1, 0.15) is 55.4 Å². The number of aryl methyl sites for hydroxylation is 1.